The molecule has 2 N–H and O–H groups in total. The first-order valence-electron chi connectivity index (χ1n) is 6.29. The number of carbonyl (C=O) groups excluding carboxylic acids is 1. The van der Waals surface area contributed by atoms with E-state index in [1.807, 2.05) is 11.8 Å². The van der Waals surface area contributed by atoms with Gasteiger partial charge in [-0.3, -0.25) is 4.79 Å². The normalized spacial score (nSPS) is 22.6. The van der Waals surface area contributed by atoms with E-state index >= 15 is 0 Å². The minimum atomic E-state index is -0.326. The van der Waals surface area contributed by atoms with E-state index in [4.69, 9.17) is 5.73 Å². The molecule has 4 nitrogen and oxygen atoms in total. The quantitative estimate of drug-likeness (QED) is 0.765. The Labute approximate surface area is 98.8 Å². The third-order valence-corrected chi connectivity index (χ3v) is 3.57. The third-order valence-electron chi connectivity index (χ3n) is 3.57. The van der Waals surface area contributed by atoms with Gasteiger partial charge < -0.3 is 15.5 Å². The van der Waals surface area contributed by atoms with Crippen molar-refractivity contribution in [1.29, 1.82) is 0 Å². The van der Waals surface area contributed by atoms with Crippen LogP contribution in [0.4, 0.5) is 0 Å². The van der Waals surface area contributed by atoms with Gasteiger partial charge in [-0.2, -0.15) is 0 Å². The largest absolute Gasteiger partial charge is 0.340 e. The summed E-state index contributed by atoms with van der Waals surface area (Å²) in [5.41, 5.74) is 5.98. The van der Waals surface area contributed by atoms with E-state index in [9.17, 15) is 4.79 Å². The van der Waals surface area contributed by atoms with Crippen molar-refractivity contribution in [3.05, 3.63) is 0 Å². The maximum Gasteiger partial charge on any atom is 0.239 e. The summed E-state index contributed by atoms with van der Waals surface area (Å²) in [5, 5.41) is 0. The summed E-state index contributed by atoms with van der Waals surface area (Å²) in [5.74, 6) is 0.401. The number of likely N-dealkylation sites (N-methyl/N-ethyl adjacent to an activating group) is 1. The van der Waals surface area contributed by atoms with Gasteiger partial charge in [-0.15, -0.1) is 0 Å². The summed E-state index contributed by atoms with van der Waals surface area (Å²) >= 11 is 0. The Balaban J connectivity index is 2.52. The first-order valence-corrected chi connectivity index (χ1v) is 6.29. The van der Waals surface area contributed by atoms with Crippen molar-refractivity contribution in [2.24, 2.45) is 11.7 Å². The Morgan fingerprint density at radius 2 is 2.00 bits per heavy atom. The van der Waals surface area contributed by atoms with Gasteiger partial charge in [-0.1, -0.05) is 20.3 Å². The highest BCUT2D eigenvalue weighted by Gasteiger charge is 2.25. The highest BCUT2D eigenvalue weighted by Crippen LogP contribution is 2.10. The lowest BCUT2D eigenvalue weighted by atomic mass is 9.99. The van der Waals surface area contributed by atoms with E-state index in [1.54, 1.807) is 0 Å². The van der Waals surface area contributed by atoms with Crippen LogP contribution < -0.4 is 5.73 Å². The van der Waals surface area contributed by atoms with Crippen LogP contribution in [0.2, 0.25) is 0 Å². The Bertz CT molecular complexity index is 232. The van der Waals surface area contributed by atoms with E-state index in [0.29, 0.717) is 0 Å². The van der Waals surface area contributed by atoms with Crippen molar-refractivity contribution in [2.45, 2.75) is 32.7 Å². The molecule has 1 heterocycles. The van der Waals surface area contributed by atoms with Crippen LogP contribution in [0.25, 0.3) is 0 Å². The van der Waals surface area contributed by atoms with Crippen molar-refractivity contribution in [1.82, 2.24) is 9.80 Å². The van der Waals surface area contributed by atoms with E-state index in [0.717, 1.165) is 39.0 Å². The van der Waals surface area contributed by atoms with Gasteiger partial charge in [0.15, 0.2) is 0 Å². The number of rotatable bonds is 3. The molecule has 16 heavy (non-hydrogen) atoms. The second kappa shape index (κ2) is 6.21. The molecule has 4 heteroatoms. The fourth-order valence-corrected chi connectivity index (χ4v) is 1.98. The molecule has 1 amide bonds. The maximum absolute atomic E-state index is 12.1. The highest BCUT2D eigenvalue weighted by atomic mass is 16.2. The number of amides is 1. The van der Waals surface area contributed by atoms with E-state index < -0.39 is 0 Å². The van der Waals surface area contributed by atoms with Gasteiger partial charge in [0, 0.05) is 19.6 Å². The van der Waals surface area contributed by atoms with Crippen molar-refractivity contribution in [3.8, 4) is 0 Å². The smallest absolute Gasteiger partial charge is 0.239 e. The standard InChI is InChI=1S/C12H25N3O/c1-4-10(2)11(13)12(16)15-7-5-6-14(3)8-9-15/h10-11H,4-9,13H2,1-3H3/t10-,11-/m0/s1. The van der Waals surface area contributed by atoms with Crippen molar-refractivity contribution in [3.63, 3.8) is 0 Å². The number of nitrogens with zero attached hydrogens (tertiary/aromatic N) is 2. The highest BCUT2D eigenvalue weighted by molar-refractivity contribution is 5.82. The van der Waals surface area contributed by atoms with E-state index in [-0.39, 0.29) is 17.9 Å². The molecule has 1 rings (SSSR count). The van der Waals surface area contributed by atoms with Gasteiger partial charge in [0.25, 0.3) is 0 Å². The molecule has 94 valence electrons. The maximum atomic E-state index is 12.1. The van der Waals surface area contributed by atoms with E-state index in [2.05, 4.69) is 18.9 Å². The summed E-state index contributed by atoms with van der Waals surface area (Å²) in [6.07, 6.45) is 2.01. The van der Waals surface area contributed by atoms with Crippen LogP contribution in [0.15, 0.2) is 0 Å². The lowest BCUT2D eigenvalue weighted by molar-refractivity contribution is -0.133. The van der Waals surface area contributed by atoms with Gasteiger partial charge in [-0.05, 0) is 25.9 Å². The first kappa shape index (κ1) is 13.5. The average molecular weight is 227 g/mol. The topological polar surface area (TPSA) is 49.6 Å². The van der Waals surface area contributed by atoms with Gasteiger partial charge in [-0.25, -0.2) is 0 Å². The zero-order chi connectivity index (χ0) is 12.1. The van der Waals surface area contributed by atoms with Crippen LogP contribution in [-0.2, 0) is 4.79 Å². The molecule has 0 aliphatic carbocycles. The fourth-order valence-electron chi connectivity index (χ4n) is 1.98. The zero-order valence-corrected chi connectivity index (χ0v) is 10.8. The van der Waals surface area contributed by atoms with Crippen molar-refractivity contribution < 1.29 is 4.79 Å². The van der Waals surface area contributed by atoms with Crippen LogP contribution in [0.3, 0.4) is 0 Å². The van der Waals surface area contributed by atoms with Gasteiger partial charge >= 0.3 is 0 Å². The molecule has 0 spiro atoms. The van der Waals surface area contributed by atoms with Crippen LogP contribution in [0.1, 0.15) is 26.7 Å². The molecule has 0 aromatic carbocycles. The zero-order valence-electron chi connectivity index (χ0n) is 10.8. The summed E-state index contributed by atoms with van der Waals surface area (Å²) in [6, 6.07) is -0.326. The summed E-state index contributed by atoms with van der Waals surface area (Å²) in [7, 11) is 2.10. The molecule has 0 aromatic heterocycles. The van der Waals surface area contributed by atoms with Crippen molar-refractivity contribution >= 4 is 5.91 Å². The molecule has 1 saturated heterocycles. The Morgan fingerprint density at radius 1 is 1.31 bits per heavy atom. The van der Waals surface area contributed by atoms with Crippen LogP contribution in [0.5, 0.6) is 0 Å². The number of nitrogens with two attached hydrogens (primary N) is 1. The molecule has 0 aromatic rings. The lowest BCUT2D eigenvalue weighted by Crippen LogP contribution is -2.48. The molecule has 0 saturated carbocycles. The van der Waals surface area contributed by atoms with Gasteiger partial charge in [0.2, 0.25) is 5.91 Å². The summed E-state index contributed by atoms with van der Waals surface area (Å²) in [6.45, 7) is 7.83. The number of carbonyl (C=O) groups is 1. The van der Waals surface area contributed by atoms with Gasteiger partial charge in [0.1, 0.15) is 0 Å². The Hall–Kier alpha value is -0.610. The number of hydrogen-bond donors (Lipinski definition) is 1. The second-order valence-electron chi connectivity index (χ2n) is 4.89. The minimum Gasteiger partial charge on any atom is -0.340 e. The molecule has 1 aliphatic heterocycles. The van der Waals surface area contributed by atoms with Crippen LogP contribution in [-0.4, -0.2) is 55.0 Å². The summed E-state index contributed by atoms with van der Waals surface area (Å²) < 4.78 is 0. The molecule has 0 radical (unpaired) electrons. The second-order valence-corrected chi connectivity index (χ2v) is 4.89. The monoisotopic (exact) mass is 227 g/mol. The van der Waals surface area contributed by atoms with Gasteiger partial charge in [0.05, 0.1) is 6.04 Å². The predicted molar refractivity (Wildman–Crippen MR) is 66.1 cm³/mol. The third kappa shape index (κ3) is 3.46. The SMILES string of the molecule is CC[C@H](C)[C@H](N)C(=O)N1CCCN(C)CC1. The molecular weight excluding hydrogens is 202 g/mol. The Kier molecular flexibility index (Phi) is 5.22. The predicted octanol–water partition coefficient (Wildman–Crippen LogP) is 0.524. The average Bonchev–Trinajstić information content (AvgIpc) is 2.51. The lowest BCUT2D eigenvalue weighted by Gasteiger charge is -2.26. The first-order chi connectivity index (χ1) is 7.56. The van der Waals surface area contributed by atoms with E-state index in [1.165, 1.54) is 0 Å². The summed E-state index contributed by atoms with van der Waals surface area (Å²) in [4.78, 5) is 16.3. The van der Waals surface area contributed by atoms with Crippen LogP contribution in [0, 0.1) is 5.92 Å². The molecule has 0 unspecified atom stereocenters. The minimum absolute atomic E-state index is 0.129. The molecule has 0 bridgehead atoms. The van der Waals surface area contributed by atoms with Crippen molar-refractivity contribution in [2.75, 3.05) is 33.2 Å². The fraction of sp³-hybridized carbons (Fsp3) is 0.917. The molecule has 1 aliphatic rings. The number of hydrogen-bond acceptors (Lipinski definition) is 3. The molecule has 2 atom stereocenters. The van der Waals surface area contributed by atoms with Crippen LogP contribution >= 0.6 is 0 Å². The molecular formula is C12H25N3O. The Morgan fingerprint density at radius 3 is 2.62 bits per heavy atom. The molecule has 1 fully saturated rings.